The molecule has 1 aliphatic rings. The van der Waals surface area contributed by atoms with Gasteiger partial charge in [0, 0.05) is 6.07 Å². The smallest absolute Gasteiger partial charge is 0.409 e. The van der Waals surface area contributed by atoms with Crippen molar-refractivity contribution in [2.75, 3.05) is 16.8 Å². The molecule has 0 fully saturated rings. The Balaban J connectivity index is 1.96. The van der Waals surface area contributed by atoms with Crippen LogP contribution in [0.5, 0.6) is 5.75 Å². The molecule has 1 aliphatic heterocycles. The number of ether oxygens (including phenoxy) is 1. The molecule has 2 aromatic carbocycles. The summed E-state index contributed by atoms with van der Waals surface area (Å²) in [6.45, 7) is -1.08. The van der Waals surface area contributed by atoms with Gasteiger partial charge < -0.3 is 10.1 Å². The number of alkyl halides is 3. The molecule has 0 aromatic heterocycles. The summed E-state index contributed by atoms with van der Waals surface area (Å²) in [6, 6.07) is 5.13. The van der Waals surface area contributed by atoms with E-state index in [2.05, 4.69) is 5.32 Å². The number of primary sulfonamides is 1. The van der Waals surface area contributed by atoms with Crippen LogP contribution < -0.4 is 20.1 Å². The van der Waals surface area contributed by atoms with Crippen molar-refractivity contribution in [3.05, 3.63) is 52.6 Å². The fraction of sp³-hybridized carbons (Fsp3) is 0.222. The van der Waals surface area contributed by atoms with Gasteiger partial charge in [0.15, 0.2) is 12.4 Å². The SMILES string of the molecule is NS(=O)(=O)c1ccc(OCC(=O)N2c3ccccc3NC(=O)CC2C(F)(F)F)c([N+](=O)[O-])c1. The van der Waals surface area contributed by atoms with E-state index in [1.54, 1.807) is 0 Å². The molecule has 3 rings (SSSR count). The Morgan fingerprint density at radius 2 is 1.94 bits per heavy atom. The number of benzene rings is 2. The first-order valence-electron chi connectivity index (χ1n) is 9.00. The molecular weight excluding hydrogens is 473 g/mol. The van der Waals surface area contributed by atoms with E-state index in [9.17, 15) is 41.3 Å². The molecule has 0 bridgehead atoms. The Hall–Kier alpha value is -3.72. The zero-order valence-electron chi connectivity index (χ0n) is 16.4. The standard InChI is InChI=1S/C18H15F3N4O7S/c19-18(20,21)15-8-16(26)23-11-3-1-2-4-12(11)24(15)17(27)9-32-14-6-5-10(33(22,30)31)7-13(14)25(28)29/h1-7,15H,8-9H2,(H,23,26)(H2,22,30,31). The van der Waals surface area contributed by atoms with Gasteiger partial charge in [-0.25, -0.2) is 13.6 Å². The second-order valence-corrected chi connectivity index (χ2v) is 8.37. The lowest BCUT2D eigenvalue weighted by molar-refractivity contribution is -0.386. The molecule has 15 heteroatoms. The van der Waals surface area contributed by atoms with Crippen LogP contribution in [0.1, 0.15) is 6.42 Å². The molecule has 1 heterocycles. The second-order valence-electron chi connectivity index (χ2n) is 6.81. The molecule has 1 atom stereocenters. The summed E-state index contributed by atoms with van der Waals surface area (Å²) < 4.78 is 69.1. The quantitative estimate of drug-likeness (QED) is 0.480. The number of para-hydroxylation sites is 2. The van der Waals surface area contributed by atoms with Crippen LogP contribution in [-0.2, 0) is 19.6 Å². The van der Waals surface area contributed by atoms with Crippen LogP contribution in [0.4, 0.5) is 30.2 Å². The van der Waals surface area contributed by atoms with E-state index in [0.29, 0.717) is 11.0 Å². The lowest BCUT2D eigenvalue weighted by Crippen LogP contribution is -2.51. The van der Waals surface area contributed by atoms with Crippen LogP contribution in [0.3, 0.4) is 0 Å². The van der Waals surface area contributed by atoms with Crippen LogP contribution >= 0.6 is 0 Å². The van der Waals surface area contributed by atoms with Gasteiger partial charge in [-0.05, 0) is 24.3 Å². The Bertz CT molecular complexity index is 1230. The van der Waals surface area contributed by atoms with E-state index < -0.39 is 68.3 Å². The Labute approximate surface area is 184 Å². The first kappa shape index (κ1) is 23.9. The van der Waals surface area contributed by atoms with Gasteiger partial charge in [0.2, 0.25) is 15.9 Å². The van der Waals surface area contributed by atoms with Gasteiger partial charge >= 0.3 is 11.9 Å². The predicted molar refractivity (Wildman–Crippen MR) is 107 cm³/mol. The van der Waals surface area contributed by atoms with Gasteiger partial charge in [-0.1, -0.05) is 12.1 Å². The van der Waals surface area contributed by atoms with Gasteiger partial charge in [-0.15, -0.1) is 0 Å². The first-order valence-corrected chi connectivity index (χ1v) is 10.6. The molecule has 0 saturated carbocycles. The number of rotatable bonds is 5. The van der Waals surface area contributed by atoms with E-state index in [0.717, 1.165) is 12.1 Å². The monoisotopic (exact) mass is 488 g/mol. The maximum atomic E-state index is 13.7. The van der Waals surface area contributed by atoms with Crippen LogP contribution in [0, 0.1) is 10.1 Å². The molecule has 33 heavy (non-hydrogen) atoms. The van der Waals surface area contributed by atoms with Crippen LogP contribution in [-0.4, -0.2) is 44.0 Å². The van der Waals surface area contributed by atoms with E-state index in [1.807, 2.05) is 0 Å². The molecule has 0 aliphatic carbocycles. The van der Waals surface area contributed by atoms with E-state index in [1.165, 1.54) is 24.3 Å². The minimum atomic E-state index is -4.98. The Morgan fingerprint density at radius 1 is 1.27 bits per heavy atom. The number of hydrogen-bond donors (Lipinski definition) is 2. The third kappa shape index (κ3) is 5.20. The number of carbonyl (C=O) groups excluding carboxylic acids is 2. The lowest BCUT2D eigenvalue weighted by Gasteiger charge is -2.31. The molecule has 11 nitrogen and oxygen atoms in total. The van der Waals surface area contributed by atoms with Gasteiger partial charge in [-0.2, -0.15) is 13.2 Å². The summed E-state index contributed by atoms with van der Waals surface area (Å²) in [7, 11) is -4.29. The van der Waals surface area contributed by atoms with E-state index in [4.69, 9.17) is 9.88 Å². The van der Waals surface area contributed by atoms with Gasteiger partial charge in [0.1, 0.15) is 6.04 Å². The van der Waals surface area contributed by atoms with Gasteiger partial charge in [0.25, 0.3) is 5.91 Å². The number of amides is 2. The first-order chi connectivity index (χ1) is 15.3. The third-order valence-electron chi connectivity index (χ3n) is 4.58. The molecule has 0 saturated heterocycles. The number of nitrogens with zero attached hydrogens (tertiary/aromatic N) is 2. The lowest BCUT2D eigenvalue weighted by atomic mass is 10.1. The van der Waals surface area contributed by atoms with E-state index in [-0.39, 0.29) is 11.4 Å². The maximum Gasteiger partial charge on any atom is 0.409 e. The van der Waals surface area contributed by atoms with Crippen molar-refractivity contribution in [1.29, 1.82) is 0 Å². The number of nitro benzene ring substituents is 1. The number of sulfonamides is 1. The molecule has 2 aromatic rings. The van der Waals surface area contributed by atoms with Crippen molar-refractivity contribution in [2.24, 2.45) is 5.14 Å². The summed E-state index contributed by atoms with van der Waals surface area (Å²) in [6.07, 6.45) is -6.05. The predicted octanol–water partition coefficient (Wildman–Crippen LogP) is 1.93. The van der Waals surface area contributed by atoms with E-state index >= 15 is 0 Å². The van der Waals surface area contributed by atoms with Gasteiger partial charge in [0.05, 0.1) is 27.6 Å². The fourth-order valence-corrected chi connectivity index (χ4v) is 3.68. The fourth-order valence-electron chi connectivity index (χ4n) is 3.14. The second kappa shape index (κ2) is 8.67. The van der Waals surface area contributed by atoms with Crippen molar-refractivity contribution in [3.8, 4) is 5.75 Å². The number of fused-ring (bicyclic) bond motifs is 1. The van der Waals surface area contributed by atoms with Crippen molar-refractivity contribution in [2.45, 2.75) is 23.5 Å². The van der Waals surface area contributed by atoms with Crippen LogP contribution in [0.25, 0.3) is 0 Å². The average molecular weight is 488 g/mol. The Morgan fingerprint density at radius 3 is 2.55 bits per heavy atom. The van der Waals surface area contributed by atoms with Crippen molar-refractivity contribution in [1.82, 2.24) is 0 Å². The highest BCUT2D eigenvalue weighted by Gasteiger charge is 2.49. The maximum absolute atomic E-state index is 13.7. The molecule has 176 valence electrons. The summed E-state index contributed by atoms with van der Waals surface area (Å²) in [5, 5.41) is 18.5. The molecule has 1 unspecified atom stereocenters. The summed E-state index contributed by atoms with van der Waals surface area (Å²) in [5.41, 5.74) is -1.14. The number of nitrogens with two attached hydrogens (primary N) is 1. The topological polar surface area (TPSA) is 162 Å². The van der Waals surface area contributed by atoms with Gasteiger partial charge in [-0.3, -0.25) is 24.6 Å². The average Bonchev–Trinajstić information content (AvgIpc) is 2.86. The highest BCUT2D eigenvalue weighted by molar-refractivity contribution is 7.89. The molecule has 2 amide bonds. The van der Waals surface area contributed by atoms with Crippen molar-refractivity contribution >= 4 is 38.9 Å². The number of anilines is 2. The number of carbonyl (C=O) groups is 2. The molecule has 0 radical (unpaired) electrons. The normalized spacial score (nSPS) is 16.4. The van der Waals surface area contributed by atoms with Crippen molar-refractivity contribution in [3.63, 3.8) is 0 Å². The largest absolute Gasteiger partial charge is 0.477 e. The highest BCUT2D eigenvalue weighted by atomic mass is 32.2. The molecular formula is C18H15F3N4O7S. The number of halogens is 3. The molecule has 0 spiro atoms. The number of hydrogen-bond acceptors (Lipinski definition) is 7. The number of nitrogens with one attached hydrogen (secondary N) is 1. The Kier molecular flexibility index (Phi) is 6.29. The van der Waals surface area contributed by atoms with Crippen LogP contribution in [0.2, 0.25) is 0 Å². The summed E-state index contributed by atoms with van der Waals surface area (Å²) in [5.74, 6) is -2.78. The van der Waals surface area contributed by atoms with Crippen LogP contribution in [0.15, 0.2) is 47.4 Å². The third-order valence-corrected chi connectivity index (χ3v) is 5.49. The highest BCUT2D eigenvalue weighted by Crippen LogP contribution is 2.38. The minimum absolute atomic E-state index is 0.0360. The van der Waals surface area contributed by atoms with Crippen molar-refractivity contribution < 1.29 is 40.8 Å². The number of nitro groups is 1. The minimum Gasteiger partial charge on any atom is -0.477 e. The molecule has 3 N–H and O–H groups in total. The summed E-state index contributed by atoms with van der Waals surface area (Å²) in [4.78, 5) is 34.8. The summed E-state index contributed by atoms with van der Waals surface area (Å²) >= 11 is 0. The zero-order valence-corrected chi connectivity index (χ0v) is 17.2. The zero-order chi connectivity index (χ0) is 24.6.